The van der Waals surface area contributed by atoms with Gasteiger partial charge in [-0.1, -0.05) is 0 Å². The molecule has 10 heteroatoms. The molecule has 0 spiro atoms. The van der Waals surface area contributed by atoms with Gasteiger partial charge in [-0.15, -0.1) is 0 Å². The van der Waals surface area contributed by atoms with Crippen LogP contribution in [-0.4, -0.2) is 75.0 Å². The number of amides is 2. The third kappa shape index (κ3) is 4.97. The van der Waals surface area contributed by atoms with Gasteiger partial charge in [0, 0.05) is 56.6 Å². The quantitative estimate of drug-likeness (QED) is 0.626. The minimum Gasteiger partial charge on any atom is -0.368 e. The Morgan fingerprint density at radius 2 is 1.68 bits per heavy atom. The van der Waals surface area contributed by atoms with Gasteiger partial charge in [-0.2, -0.15) is 4.31 Å². The molecule has 2 amide bonds. The van der Waals surface area contributed by atoms with E-state index in [0.29, 0.717) is 50.3 Å². The highest BCUT2D eigenvalue weighted by Crippen LogP contribution is 2.27. The fourth-order valence-corrected chi connectivity index (χ4v) is 5.37. The standard InChI is InChI=1S/C24H28N4O5S/c1-17(29)18-3-6-20(7-4-18)27-11-13-28(14-12-27)24(31)16-26(2)34(32,33)21-8-9-22-19(15-21)5-10-23(30)25-22/h3-4,6-9,15H,5,10-14,16H2,1-2H3,(H,25,30). The number of sulfonamides is 1. The minimum atomic E-state index is -3.85. The van der Waals surface area contributed by atoms with Crippen molar-refractivity contribution in [3.8, 4) is 0 Å². The van der Waals surface area contributed by atoms with Crippen molar-refractivity contribution in [2.24, 2.45) is 0 Å². The van der Waals surface area contributed by atoms with Crippen molar-refractivity contribution in [1.82, 2.24) is 9.21 Å². The van der Waals surface area contributed by atoms with Crippen LogP contribution in [0.3, 0.4) is 0 Å². The fraction of sp³-hybridized carbons (Fsp3) is 0.375. The SMILES string of the molecule is CC(=O)c1ccc(N2CCN(C(=O)CN(C)S(=O)(=O)c3ccc4c(c3)CCC(=O)N4)CC2)cc1. The zero-order valence-corrected chi connectivity index (χ0v) is 20.1. The summed E-state index contributed by atoms with van der Waals surface area (Å²) in [6.45, 7) is 3.50. The number of aryl methyl sites for hydroxylation is 1. The number of carbonyl (C=O) groups is 3. The molecule has 0 bridgehead atoms. The number of nitrogens with one attached hydrogen (secondary N) is 1. The maximum atomic E-state index is 13.0. The molecule has 2 aliphatic heterocycles. The highest BCUT2D eigenvalue weighted by molar-refractivity contribution is 7.89. The second-order valence-corrected chi connectivity index (χ2v) is 10.6. The third-order valence-corrected chi connectivity index (χ3v) is 8.11. The second kappa shape index (κ2) is 9.55. The van der Waals surface area contributed by atoms with Gasteiger partial charge in [-0.3, -0.25) is 14.4 Å². The van der Waals surface area contributed by atoms with Gasteiger partial charge in [0.2, 0.25) is 21.8 Å². The molecule has 0 aliphatic carbocycles. The Balaban J connectivity index is 1.35. The highest BCUT2D eigenvalue weighted by Gasteiger charge is 2.28. The Bertz CT molecular complexity index is 1220. The summed E-state index contributed by atoms with van der Waals surface area (Å²) in [5.74, 6) is -0.315. The van der Waals surface area contributed by atoms with Crippen LogP contribution in [-0.2, 0) is 26.0 Å². The zero-order valence-electron chi connectivity index (χ0n) is 19.3. The summed E-state index contributed by atoms with van der Waals surface area (Å²) in [6, 6.07) is 12.0. The van der Waals surface area contributed by atoms with Crippen molar-refractivity contribution in [2.75, 3.05) is 50.0 Å². The van der Waals surface area contributed by atoms with E-state index < -0.39 is 10.0 Å². The maximum Gasteiger partial charge on any atom is 0.243 e. The molecule has 1 saturated heterocycles. The smallest absolute Gasteiger partial charge is 0.243 e. The normalized spacial score (nSPS) is 16.3. The number of nitrogens with zero attached hydrogens (tertiary/aromatic N) is 3. The first-order valence-corrected chi connectivity index (χ1v) is 12.6. The van der Waals surface area contributed by atoms with E-state index in [1.54, 1.807) is 29.2 Å². The van der Waals surface area contributed by atoms with Crippen LogP contribution in [0.25, 0.3) is 0 Å². The number of hydrogen-bond donors (Lipinski definition) is 1. The zero-order chi connectivity index (χ0) is 24.5. The first-order chi connectivity index (χ1) is 16.1. The van der Waals surface area contributed by atoms with Crippen LogP contribution in [0.5, 0.6) is 0 Å². The van der Waals surface area contributed by atoms with E-state index in [-0.39, 0.29) is 29.0 Å². The number of fused-ring (bicyclic) bond motifs is 1. The van der Waals surface area contributed by atoms with Gasteiger partial charge in [0.25, 0.3) is 0 Å². The third-order valence-electron chi connectivity index (χ3n) is 6.31. The number of rotatable bonds is 6. The predicted octanol–water partition coefficient (Wildman–Crippen LogP) is 1.74. The summed E-state index contributed by atoms with van der Waals surface area (Å²) in [7, 11) is -2.45. The monoisotopic (exact) mass is 484 g/mol. The number of carbonyl (C=O) groups excluding carboxylic acids is 3. The maximum absolute atomic E-state index is 13.0. The molecule has 2 aliphatic rings. The van der Waals surface area contributed by atoms with Crippen molar-refractivity contribution in [3.63, 3.8) is 0 Å². The number of likely N-dealkylation sites (N-methyl/N-ethyl adjacent to an activating group) is 1. The molecule has 34 heavy (non-hydrogen) atoms. The lowest BCUT2D eigenvalue weighted by Gasteiger charge is -2.36. The van der Waals surface area contributed by atoms with E-state index in [1.807, 2.05) is 12.1 Å². The average molecular weight is 485 g/mol. The van der Waals surface area contributed by atoms with E-state index in [1.165, 1.54) is 20.0 Å². The Labute approximate surface area is 199 Å². The first kappa shape index (κ1) is 23.9. The van der Waals surface area contributed by atoms with Gasteiger partial charge in [0.1, 0.15) is 0 Å². The predicted molar refractivity (Wildman–Crippen MR) is 128 cm³/mol. The lowest BCUT2D eigenvalue weighted by Crippen LogP contribution is -2.51. The van der Waals surface area contributed by atoms with Crippen LogP contribution in [0.1, 0.15) is 29.3 Å². The molecule has 2 heterocycles. The first-order valence-electron chi connectivity index (χ1n) is 11.2. The van der Waals surface area contributed by atoms with E-state index in [2.05, 4.69) is 10.2 Å². The van der Waals surface area contributed by atoms with Crippen molar-refractivity contribution in [3.05, 3.63) is 53.6 Å². The molecule has 2 aromatic carbocycles. The highest BCUT2D eigenvalue weighted by atomic mass is 32.2. The molecule has 1 N–H and O–H groups in total. The van der Waals surface area contributed by atoms with E-state index in [9.17, 15) is 22.8 Å². The number of piperazine rings is 1. The summed E-state index contributed by atoms with van der Waals surface area (Å²) in [5.41, 5.74) is 3.04. The van der Waals surface area contributed by atoms with Crippen LogP contribution in [0, 0.1) is 0 Å². The van der Waals surface area contributed by atoms with E-state index in [4.69, 9.17) is 0 Å². The van der Waals surface area contributed by atoms with Crippen LogP contribution < -0.4 is 10.2 Å². The Morgan fingerprint density at radius 1 is 1.00 bits per heavy atom. The molecule has 4 rings (SSSR count). The minimum absolute atomic E-state index is 0.0168. The van der Waals surface area contributed by atoms with Gasteiger partial charge < -0.3 is 15.1 Å². The molecule has 0 unspecified atom stereocenters. The summed E-state index contributed by atoms with van der Waals surface area (Å²) in [6.07, 6.45) is 0.798. The lowest BCUT2D eigenvalue weighted by molar-refractivity contribution is -0.131. The molecule has 180 valence electrons. The fourth-order valence-electron chi connectivity index (χ4n) is 4.20. The summed E-state index contributed by atoms with van der Waals surface area (Å²) < 4.78 is 27.2. The van der Waals surface area contributed by atoms with E-state index in [0.717, 1.165) is 15.6 Å². The van der Waals surface area contributed by atoms with Gasteiger partial charge in [-0.25, -0.2) is 8.42 Å². The number of hydrogen-bond acceptors (Lipinski definition) is 6. The lowest BCUT2D eigenvalue weighted by atomic mass is 10.0. The summed E-state index contributed by atoms with van der Waals surface area (Å²) >= 11 is 0. The summed E-state index contributed by atoms with van der Waals surface area (Å²) in [4.78, 5) is 39.7. The molecule has 0 saturated carbocycles. The second-order valence-electron chi connectivity index (χ2n) is 8.60. The Kier molecular flexibility index (Phi) is 6.72. The topological polar surface area (TPSA) is 107 Å². The number of benzene rings is 2. The van der Waals surface area contributed by atoms with Crippen LogP contribution in [0.2, 0.25) is 0 Å². The molecule has 0 aromatic heterocycles. The van der Waals surface area contributed by atoms with Crippen molar-refractivity contribution in [2.45, 2.75) is 24.7 Å². The van der Waals surface area contributed by atoms with Gasteiger partial charge in [0.15, 0.2) is 5.78 Å². The number of ketones is 1. The summed E-state index contributed by atoms with van der Waals surface area (Å²) in [5, 5.41) is 2.74. The van der Waals surface area contributed by atoms with Crippen molar-refractivity contribution >= 4 is 39.0 Å². The van der Waals surface area contributed by atoms with Crippen LogP contribution >= 0.6 is 0 Å². The van der Waals surface area contributed by atoms with Crippen molar-refractivity contribution < 1.29 is 22.8 Å². The van der Waals surface area contributed by atoms with Crippen LogP contribution in [0.4, 0.5) is 11.4 Å². The van der Waals surface area contributed by atoms with Gasteiger partial charge >= 0.3 is 0 Å². The molecule has 2 aromatic rings. The van der Waals surface area contributed by atoms with Crippen LogP contribution in [0.15, 0.2) is 47.4 Å². The van der Waals surface area contributed by atoms with E-state index >= 15 is 0 Å². The van der Waals surface area contributed by atoms with Gasteiger partial charge in [0.05, 0.1) is 11.4 Å². The largest absolute Gasteiger partial charge is 0.368 e. The van der Waals surface area contributed by atoms with Gasteiger partial charge in [-0.05, 0) is 61.4 Å². The Hall–Kier alpha value is -3.24. The molecule has 0 radical (unpaired) electrons. The molecule has 0 atom stereocenters. The number of anilines is 2. The molecular formula is C24H28N4O5S. The molecule has 9 nitrogen and oxygen atoms in total. The average Bonchev–Trinajstić information content (AvgIpc) is 2.83. The molecule has 1 fully saturated rings. The Morgan fingerprint density at radius 3 is 2.32 bits per heavy atom. The van der Waals surface area contributed by atoms with Crippen molar-refractivity contribution in [1.29, 1.82) is 0 Å². The molecular weight excluding hydrogens is 456 g/mol. The number of Topliss-reactive ketones (excluding diaryl/α,β-unsaturated/α-hetero) is 1.